The first-order valence-electron chi connectivity index (χ1n) is 11.5. The van der Waals surface area contributed by atoms with Crippen molar-refractivity contribution >= 4 is 5.91 Å². The molecule has 172 valence electrons. The van der Waals surface area contributed by atoms with Gasteiger partial charge in [0, 0.05) is 11.6 Å². The van der Waals surface area contributed by atoms with Gasteiger partial charge in [0.05, 0.1) is 30.6 Å². The number of aromatic nitrogens is 2. The molecule has 0 spiro atoms. The molecule has 1 fully saturated rings. The first-order valence-corrected chi connectivity index (χ1v) is 11.5. The van der Waals surface area contributed by atoms with Gasteiger partial charge in [0.25, 0.3) is 5.91 Å². The average Bonchev–Trinajstić information content (AvgIpc) is 3.69. The van der Waals surface area contributed by atoms with Gasteiger partial charge in [-0.25, -0.2) is 4.68 Å². The Morgan fingerprint density at radius 3 is 2.18 bits per heavy atom. The molecule has 0 N–H and O–H groups in total. The fraction of sp³-hybridized carbons (Fsp3) is 0.214. The van der Waals surface area contributed by atoms with E-state index in [4.69, 9.17) is 14.6 Å². The van der Waals surface area contributed by atoms with Crippen LogP contribution in [0, 0.1) is 6.92 Å². The lowest BCUT2D eigenvalue weighted by molar-refractivity contribution is 0.0729. The quantitative estimate of drug-likeness (QED) is 0.339. The third-order valence-electron chi connectivity index (χ3n) is 6.01. The van der Waals surface area contributed by atoms with Crippen LogP contribution in [0.2, 0.25) is 0 Å². The summed E-state index contributed by atoms with van der Waals surface area (Å²) < 4.78 is 13.5. The highest BCUT2D eigenvalue weighted by atomic mass is 16.5. The molecule has 0 atom stereocenters. The van der Waals surface area contributed by atoms with Crippen LogP contribution < -0.4 is 9.47 Å². The van der Waals surface area contributed by atoms with Crippen LogP contribution in [0.15, 0.2) is 84.9 Å². The Kier molecular flexibility index (Phi) is 6.04. The number of benzene rings is 3. The van der Waals surface area contributed by atoms with Gasteiger partial charge in [0.2, 0.25) is 5.88 Å². The van der Waals surface area contributed by atoms with Gasteiger partial charge in [-0.15, -0.1) is 0 Å². The summed E-state index contributed by atoms with van der Waals surface area (Å²) in [5.41, 5.74) is 3.32. The van der Waals surface area contributed by atoms with Crippen LogP contribution in [-0.4, -0.2) is 33.7 Å². The molecule has 1 aliphatic carbocycles. The SMILES string of the molecule is COc1ccc(Oc2c(CN(C(=O)c3ccccc3)C3CC3)c(C)nn2-c2ccccc2)cc1. The van der Waals surface area contributed by atoms with Crippen LogP contribution in [0.3, 0.4) is 0 Å². The lowest BCUT2D eigenvalue weighted by atomic mass is 10.1. The van der Waals surface area contributed by atoms with E-state index in [1.54, 1.807) is 7.11 Å². The molecule has 1 aromatic heterocycles. The molecule has 3 aromatic carbocycles. The summed E-state index contributed by atoms with van der Waals surface area (Å²) in [6.45, 7) is 2.40. The molecular formula is C28H27N3O3. The van der Waals surface area contributed by atoms with E-state index in [1.165, 1.54) is 0 Å². The molecule has 5 rings (SSSR count). The third-order valence-corrected chi connectivity index (χ3v) is 6.01. The van der Waals surface area contributed by atoms with Crippen molar-refractivity contribution in [2.75, 3.05) is 7.11 Å². The standard InChI is InChI=1S/C28H27N3O3/c1-20-26(19-30(22-13-14-22)27(32)21-9-5-3-6-10-21)28(31(29-20)23-11-7-4-8-12-23)34-25-17-15-24(33-2)16-18-25/h3-12,15-18,22H,13-14,19H2,1-2H3. The van der Waals surface area contributed by atoms with Crippen molar-refractivity contribution < 1.29 is 14.3 Å². The van der Waals surface area contributed by atoms with Crippen LogP contribution in [0.4, 0.5) is 0 Å². The first kappa shape index (κ1) is 21.8. The van der Waals surface area contributed by atoms with Crippen molar-refractivity contribution in [3.05, 3.63) is 102 Å². The molecular weight excluding hydrogens is 426 g/mol. The molecule has 0 saturated heterocycles. The average molecular weight is 454 g/mol. The molecule has 0 unspecified atom stereocenters. The number of carbonyl (C=O) groups excluding carboxylic acids is 1. The Balaban J connectivity index is 1.54. The van der Waals surface area contributed by atoms with E-state index in [-0.39, 0.29) is 11.9 Å². The maximum Gasteiger partial charge on any atom is 0.254 e. The smallest absolute Gasteiger partial charge is 0.254 e. The van der Waals surface area contributed by atoms with Crippen LogP contribution >= 0.6 is 0 Å². The van der Waals surface area contributed by atoms with E-state index in [0.717, 1.165) is 35.5 Å². The maximum absolute atomic E-state index is 13.4. The Labute approximate surface area is 199 Å². The van der Waals surface area contributed by atoms with Crippen molar-refractivity contribution in [2.24, 2.45) is 0 Å². The fourth-order valence-electron chi connectivity index (χ4n) is 3.99. The Morgan fingerprint density at radius 2 is 1.56 bits per heavy atom. The molecule has 1 amide bonds. The first-order chi connectivity index (χ1) is 16.6. The summed E-state index contributed by atoms with van der Waals surface area (Å²) in [5.74, 6) is 2.07. The number of hydrogen-bond donors (Lipinski definition) is 0. The second kappa shape index (κ2) is 9.43. The van der Waals surface area contributed by atoms with Crippen LogP contribution in [-0.2, 0) is 6.54 Å². The maximum atomic E-state index is 13.4. The van der Waals surface area contributed by atoms with Crippen LogP contribution in [0.5, 0.6) is 17.4 Å². The van der Waals surface area contributed by atoms with Gasteiger partial charge in [-0.05, 0) is 68.3 Å². The Morgan fingerprint density at radius 1 is 0.941 bits per heavy atom. The molecule has 6 nitrogen and oxygen atoms in total. The summed E-state index contributed by atoms with van der Waals surface area (Å²) in [5, 5.41) is 4.80. The summed E-state index contributed by atoms with van der Waals surface area (Å²) in [7, 11) is 1.64. The van der Waals surface area contributed by atoms with Gasteiger partial charge < -0.3 is 14.4 Å². The number of para-hydroxylation sites is 1. The number of rotatable bonds is 8. The number of amides is 1. The van der Waals surface area contributed by atoms with Crippen LogP contribution in [0.25, 0.3) is 5.69 Å². The number of hydrogen-bond acceptors (Lipinski definition) is 4. The minimum Gasteiger partial charge on any atom is -0.497 e. The summed E-state index contributed by atoms with van der Waals surface area (Å²) in [4.78, 5) is 15.4. The third kappa shape index (κ3) is 4.53. The van der Waals surface area contributed by atoms with Gasteiger partial charge in [-0.2, -0.15) is 5.10 Å². The minimum absolute atomic E-state index is 0.0327. The van der Waals surface area contributed by atoms with Crippen molar-refractivity contribution in [2.45, 2.75) is 32.4 Å². The number of methoxy groups -OCH3 is 1. The molecule has 0 aliphatic heterocycles. The predicted molar refractivity (Wildman–Crippen MR) is 131 cm³/mol. The molecule has 1 saturated carbocycles. The molecule has 4 aromatic rings. The molecule has 1 aliphatic rings. The fourth-order valence-corrected chi connectivity index (χ4v) is 3.99. The Bertz CT molecular complexity index is 1260. The van der Waals surface area contributed by atoms with E-state index in [1.807, 2.05) is 101 Å². The van der Waals surface area contributed by atoms with Gasteiger partial charge in [-0.3, -0.25) is 4.79 Å². The van der Waals surface area contributed by atoms with Gasteiger partial charge in [0.15, 0.2) is 0 Å². The van der Waals surface area contributed by atoms with Gasteiger partial charge in [0.1, 0.15) is 11.5 Å². The zero-order valence-corrected chi connectivity index (χ0v) is 19.3. The molecule has 34 heavy (non-hydrogen) atoms. The zero-order chi connectivity index (χ0) is 23.5. The van der Waals surface area contributed by atoms with Crippen molar-refractivity contribution in [3.63, 3.8) is 0 Å². The highest BCUT2D eigenvalue weighted by molar-refractivity contribution is 5.94. The summed E-state index contributed by atoms with van der Waals surface area (Å²) in [6.07, 6.45) is 2.03. The molecule has 0 radical (unpaired) electrons. The van der Waals surface area contributed by atoms with E-state index in [2.05, 4.69) is 0 Å². The van der Waals surface area contributed by atoms with E-state index < -0.39 is 0 Å². The number of ether oxygens (including phenoxy) is 2. The van der Waals surface area contributed by atoms with E-state index >= 15 is 0 Å². The largest absolute Gasteiger partial charge is 0.497 e. The van der Waals surface area contributed by atoms with Gasteiger partial charge >= 0.3 is 0 Å². The normalized spacial score (nSPS) is 12.9. The van der Waals surface area contributed by atoms with Crippen molar-refractivity contribution in [1.82, 2.24) is 14.7 Å². The monoisotopic (exact) mass is 453 g/mol. The second-order valence-electron chi connectivity index (χ2n) is 8.42. The van der Waals surface area contributed by atoms with Gasteiger partial charge in [-0.1, -0.05) is 36.4 Å². The molecule has 1 heterocycles. The predicted octanol–water partition coefficient (Wildman–Crippen LogP) is 5.79. The zero-order valence-electron chi connectivity index (χ0n) is 19.3. The topological polar surface area (TPSA) is 56.6 Å². The lowest BCUT2D eigenvalue weighted by Crippen LogP contribution is -2.32. The molecule has 0 bridgehead atoms. The highest BCUT2D eigenvalue weighted by Crippen LogP contribution is 2.36. The highest BCUT2D eigenvalue weighted by Gasteiger charge is 2.35. The number of nitrogens with zero attached hydrogens (tertiary/aromatic N) is 3. The summed E-state index contributed by atoms with van der Waals surface area (Å²) in [6, 6.07) is 27.0. The number of carbonyl (C=O) groups is 1. The second-order valence-corrected chi connectivity index (χ2v) is 8.42. The van der Waals surface area contributed by atoms with Crippen molar-refractivity contribution in [3.8, 4) is 23.1 Å². The summed E-state index contributed by atoms with van der Waals surface area (Å²) >= 11 is 0. The Hall–Kier alpha value is -4.06. The lowest BCUT2D eigenvalue weighted by Gasteiger charge is -2.23. The van der Waals surface area contributed by atoms with Crippen LogP contribution in [0.1, 0.15) is 34.5 Å². The van der Waals surface area contributed by atoms with E-state index in [0.29, 0.717) is 23.7 Å². The molecule has 6 heteroatoms. The number of aryl methyl sites for hydroxylation is 1. The van der Waals surface area contributed by atoms with E-state index in [9.17, 15) is 4.79 Å². The van der Waals surface area contributed by atoms with Crippen molar-refractivity contribution in [1.29, 1.82) is 0 Å². The minimum atomic E-state index is 0.0327.